The third-order valence-corrected chi connectivity index (χ3v) is 5.10. The van der Waals surface area contributed by atoms with Gasteiger partial charge >= 0.3 is 0 Å². The van der Waals surface area contributed by atoms with Crippen LogP contribution >= 0.6 is 0 Å². The summed E-state index contributed by atoms with van der Waals surface area (Å²) in [6.45, 7) is 5.86. The molecule has 4 rings (SSSR count). The van der Waals surface area contributed by atoms with Crippen LogP contribution in [0.4, 0.5) is 11.4 Å². The van der Waals surface area contributed by atoms with Crippen molar-refractivity contribution in [3.8, 4) is 5.69 Å². The predicted molar refractivity (Wildman–Crippen MR) is 106 cm³/mol. The number of anilines is 2. The zero-order chi connectivity index (χ0) is 18.3. The summed E-state index contributed by atoms with van der Waals surface area (Å²) in [5.41, 5.74) is 10.0. The van der Waals surface area contributed by atoms with Gasteiger partial charge in [-0.15, -0.1) is 0 Å². The Morgan fingerprint density at radius 3 is 2.58 bits per heavy atom. The fraction of sp³-hybridized carbons (Fsp3) is 0.300. The van der Waals surface area contributed by atoms with Crippen molar-refractivity contribution in [3.63, 3.8) is 0 Å². The highest BCUT2D eigenvalue weighted by molar-refractivity contribution is 5.90. The van der Waals surface area contributed by atoms with Crippen LogP contribution in [0, 0.1) is 6.92 Å². The molecule has 0 bridgehead atoms. The second-order valence-electron chi connectivity index (χ2n) is 6.93. The van der Waals surface area contributed by atoms with Gasteiger partial charge in [-0.1, -0.05) is 12.1 Å². The van der Waals surface area contributed by atoms with Gasteiger partial charge in [0.05, 0.1) is 16.8 Å². The van der Waals surface area contributed by atoms with Crippen LogP contribution in [0.15, 0.2) is 47.5 Å². The minimum Gasteiger partial charge on any atom is -0.399 e. The molecule has 134 valence electrons. The number of rotatable bonds is 2. The second kappa shape index (κ2) is 6.46. The number of hydrogen-bond donors (Lipinski definition) is 1. The van der Waals surface area contributed by atoms with Crippen LogP contribution in [0.1, 0.15) is 5.56 Å². The Morgan fingerprint density at radius 2 is 1.81 bits per heavy atom. The number of para-hydroxylation sites is 1. The highest BCUT2D eigenvalue weighted by Gasteiger charge is 2.18. The molecule has 0 unspecified atom stereocenters. The quantitative estimate of drug-likeness (QED) is 0.717. The van der Waals surface area contributed by atoms with Gasteiger partial charge in [0.15, 0.2) is 0 Å². The highest BCUT2D eigenvalue weighted by atomic mass is 16.1. The Kier molecular flexibility index (Phi) is 4.12. The number of likely N-dealkylation sites (N-methyl/N-ethyl adjacent to an activating group) is 1. The minimum absolute atomic E-state index is 0.0697. The summed E-state index contributed by atoms with van der Waals surface area (Å²) in [5.74, 6) is 0. The lowest BCUT2D eigenvalue weighted by molar-refractivity contribution is 0.313. The Balaban J connectivity index is 1.84. The SMILES string of the molecule is Cc1ccc(N)cc1-n1cnc2c(N3CCN(C)CC3)cccc2c1=O. The maximum Gasteiger partial charge on any atom is 0.265 e. The maximum atomic E-state index is 13.1. The van der Waals surface area contributed by atoms with Crippen molar-refractivity contribution >= 4 is 22.3 Å². The average molecular weight is 349 g/mol. The van der Waals surface area contributed by atoms with E-state index in [0.29, 0.717) is 11.1 Å². The fourth-order valence-corrected chi connectivity index (χ4v) is 3.50. The maximum absolute atomic E-state index is 13.1. The number of nitrogens with two attached hydrogens (primary N) is 1. The summed E-state index contributed by atoms with van der Waals surface area (Å²) in [4.78, 5) is 22.4. The van der Waals surface area contributed by atoms with Crippen LogP contribution in [0.3, 0.4) is 0 Å². The molecule has 0 saturated carbocycles. The topological polar surface area (TPSA) is 67.4 Å². The zero-order valence-corrected chi connectivity index (χ0v) is 15.1. The highest BCUT2D eigenvalue weighted by Crippen LogP contribution is 2.25. The van der Waals surface area contributed by atoms with Crippen LogP contribution in [-0.2, 0) is 0 Å². The van der Waals surface area contributed by atoms with Crippen LogP contribution in [0.2, 0.25) is 0 Å². The number of nitrogens with zero attached hydrogens (tertiary/aromatic N) is 4. The summed E-state index contributed by atoms with van der Waals surface area (Å²) in [6.07, 6.45) is 1.62. The first kappa shape index (κ1) is 16.6. The molecule has 0 radical (unpaired) electrons. The van der Waals surface area contributed by atoms with Gasteiger partial charge in [0, 0.05) is 31.9 Å². The summed E-state index contributed by atoms with van der Waals surface area (Å²) in [7, 11) is 2.13. The number of aryl methyl sites for hydroxylation is 1. The number of fused-ring (bicyclic) bond motifs is 1. The van der Waals surface area contributed by atoms with Crippen molar-refractivity contribution in [2.45, 2.75) is 6.92 Å². The van der Waals surface area contributed by atoms with E-state index in [1.807, 2.05) is 37.3 Å². The van der Waals surface area contributed by atoms with E-state index in [0.717, 1.165) is 48.6 Å². The van der Waals surface area contributed by atoms with Gasteiger partial charge in [-0.2, -0.15) is 0 Å². The number of piperazine rings is 1. The lowest BCUT2D eigenvalue weighted by Gasteiger charge is -2.34. The zero-order valence-electron chi connectivity index (χ0n) is 15.1. The van der Waals surface area contributed by atoms with Crippen molar-refractivity contribution in [3.05, 3.63) is 58.6 Å². The Hall–Kier alpha value is -2.86. The molecule has 6 nitrogen and oxygen atoms in total. The molecule has 0 atom stereocenters. The molecule has 1 aliphatic heterocycles. The molecule has 2 heterocycles. The van der Waals surface area contributed by atoms with Crippen LogP contribution in [0.25, 0.3) is 16.6 Å². The monoisotopic (exact) mass is 349 g/mol. The van der Waals surface area contributed by atoms with Crippen LogP contribution in [0.5, 0.6) is 0 Å². The smallest absolute Gasteiger partial charge is 0.265 e. The average Bonchev–Trinajstić information content (AvgIpc) is 2.65. The summed E-state index contributed by atoms with van der Waals surface area (Å²) in [6, 6.07) is 11.4. The molecule has 2 N–H and O–H groups in total. The summed E-state index contributed by atoms with van der Waals surface area (Å²) in [5, 5.41) is 0.630. The number of aromatic nitrogens is 2. The molecule has 2 aromatic carbocycles. The first-order chi connectivity index (χ1) is 12.5. The van der Waals surface area contributed by atoms with Crippen molar-refractivity contribution in [1.82, 2.24) is 14.5 Å². The van der Waals surface area contributed by atoms with Gasteiger partial charge in [0.25, 0.3) is 5.56 Å². The largest absolute Gasteiger partial charge is 0.399 e. The van der Waals surface area contributed by atoms with E-state index >= 15 is 0 Å². The fourth-order valence-electron chi connectivity index (χ4n) is 3.50. The van der Waals surface area contributed by atoms with Gasteiger partial charge < -0.3 is 15.5 Å². The first-order valence-electron chi connectivity index (χ1n) is 8.85. The van der Waals surface area contributed by atoms with Crippen molar-refractivity contribution in [2.75, 3.05) is 43.9 Å². The van der Waals surface area contributed by atoms with Gasteiger partial charge in [0.2, 0.25) is 0 Å². The predicted octanol–water partition coefficient (Wildman–Crippen LogP) is 2.03. The Morgan fingerprint density at radius 1 is 1.04 bits per heavy atom. The van der Waals surface area contributed by atoms with E-state index in [1.54, 1.807) is 10.9 Å². The third kappa shape index (κ3) is 2.82. The molecule has 1 aromatic heterocycles. The van der Waals surface area contributed by atoms with E-state index in [1.165, 1.54) is 0 Å². The van der Waals surface area contributed by atoms with Gasteiger partial charge in [0.1, 0.15) is 11.8 Å². The number of benzene rings is 2. The van der Waals surface area contributed by atoms with E-state index in [4.69, 9.17) is 5.73 Å². The standard InChI is InChI=1S/C20H23N5O/c1-14-6-7-15(21)12-18(14)25-13-22-19-16(20(25)26)4-3-5-17(19)24-10-8-23(2)9-11-24/h3-7,12-13H,8-11,21H2,1-2H3. The van der Waals surface area contributed by atoms with Crippen molar-refractivity contribution < 1.29 is 0 Å². The number of nitrogen functional groups attached to an aromatic ring is 1. The first-order valence-corrected chi connectivity index (χ1v) is 8.85. The van der Waals surface area contributed by atoms with E-state index < -0.39 is 0 Å². The van der Waals surface area contributed by atoms with Gasteiger partial charge in [-0.3, -0.25) is 9.36 Å². The summed E-state index contributed by atoms with van der Waals surface area (Å²) >= 11 is 0. The molecular weight excluding hydrogens is 326 g/mol. The Labute approximate surface area is 152 Å². The second-order valence-corrected chi connectivity index (χ2v) is 6.93. The molecule has 1 saturated heterocycles. The van der Waals surface area contributed by atoms with Crippen molar-refractivity contribution in [1.29, 1.82) is 0 Å². The number of hydrogen-bond acceptors (Lipinski definition) is 5. The molecule has 0 amide bonds. The van der Waals surface area contributed by atoms with Crippen molar-refractivity contribution in [2.24, 2.45) is 0 Å². The minimum atomic E-state index is -0.0697. The van der Waals surface area contributed by atoms with Gasteiger partial charge in [-0.25, -0.2) is 4.98 Å². The molecule has 6 heteroatoms. The molecule has 1 aliphatic rings. The third-order valence-electron chi connectivity index (χ3n) is 5.10. The van der Waals surface area contributed by atoms with E-state index in [-0.39, 0.29) is 5.56 Å². The van der Waals surface area contributed by atoms with E-state index in [2.05, 4.69) is 27.9 Å². The molecule has 26 heavy (non-hydrogen) atoms. The molecule has 1 fully saturated rings. The summed E-state index contributed by atoms with van der Waals surface area (Å²) < 4.78 is 1.59. The van der Waals surface area contributed by atoms with Crippen LogP contribution in [-0.4, -0.2) is 47.7 Å². The van der Waals surface area contributed by atoms with E-state index in [9.17, 15) is 4.79 Å². The normalized spacial score (nSPS) is 15.5. The lowest BCUT2D eigenvalue weighted by atomic mass is 10.1. The van der Waals surface area contributed by atoms with Crippen LogP contribution < -0.4 is 16.2 Å². The molecule has 0 spiro atoms. The lowest BCUT2D eigenvalue weighted by Crippen LogP contribution is -2.44. The Bertz CT molecular complexity index is 1020. The molecule has 3 aromatic rings. The molecular formula is C20H23N5O. The molecule has 0 aliphatic carbocycles. The van der Waals surface area contributed by atoms with Gasteiger partial charge in [-0.05, 0) is 43.8 Å².